The Labute approximate surface area is 113 Å². The molecule has 2 fully saturated rings. The van der Waals surface area contributed by atoms with E-state index in [1.54, 1.807) is 4.90 Å². The number of hydrogen-bond donors (Lipinski definition) is 0. The van der Waals surface area contributed by atoms with E-state index in [0.29, 0.717) is 12.6 Å². The Morgan fingerprint density at radius 2 is 1.95 bits per heavy atom. The van der Waals surface area contributed by atoms with Crippen LogP contribution in [-0.4, -0.2) is 23.4 Å². The van der Waals surface area contributed by atoms with Gasteiger partial charge in [0, 0.05) is 24.9 Å². The van der Waals surface area contributed by atoms with Crippen LogP contribution >= 0.6 is 0 Å². The molecule has 3 rings (SSSR count). The largest absolute Gasteiger partial charge is 0.416 e. The lowest BCUT2D eigenvalue weighted by atomic mass is 9.89. The van der Waals surface area contributed by atoms with Crippen molar-refractivity contribution < 1.29 is 22.4 Å². The van der Waals surface area contributed by atoms with Gasteiger partial charge in [0.25, 0.3) is 0 Å². The van der Waals surface area contributed by atoms with Crippen LogP contribution in [-0.2, 0) is 11.0 Å². The van der Waals surface area contributed by atoms with Crippen LogP contribution in [0.1, 0.15) is 36.3 Å². The van der Waals surface area contributed by atoms with E-state index in [2.05, 4.69) is 0 Å². The minimum atomic E-state index is -4.57. The molecule has 20 heavy (non-hydrogen) atoms. The standard InChI is InChI=1S/C14H13F4NO/c15-10-5-8(4-9(6-10)14(16,17)18)11-7-13(20)19-3-1-2-12(11)19/h4-6,11-12H,1-3,7H2/t11-,12+/m1/s1. The van der Waals surface area contributed by atoms with Crippen LogP contribution in [0.3, 0.4) is 0 Å². The van der Waals surface area contributed by atoms with E-state index in [1.165, 1.54) is 0 Å². The lowest BCUT2D eigenvalue weighted by molar-refractivity contribution is -0.137. The van der Waals surface area contributed by atoms with Crippen LogP contribution in [0.2, 0.25) is 0 Å². The van der Waals surface area contributed by atoms with Gasteiger partial charge >= 0.3 is 6.18 Å². The first kappa shape index (κ1) is 13.4. The Balaban J connectivity index is 1.98. The van der Waals surface area contributed by atoms with E-state index >= 15 is 0 Å². The second kappa shape index (κ2) is 4.46. The molecule has 1 amide bonds. The lowest BCUT2D eigenvalue weighted by Gasteiger charge is -2.21. The van der Waals surface area contributed by atoms with Gasteiger partial charge in [-0.15, -0.1) is 0 Å². The SMILES string of the molecule is O=C1C[C@H](c2cc(F)cc(C(F)(F)F)c2)[C@@H]2CCCN12. The highest BCUT2D eigenvalue weighted by molar-refractivity contribution is 5.81. The molecular formula is C14H13F4NO. The summed E-state index contributed by atoms with van der Waals surface area (Å²) >= 11 is 0. The number of halogens is 4. The van der Waals surface area contributed by atoms with Crippen molar-refractivity contribution >= 4 is 5.91 Å². The summed E-state index contributed by atoms with van der Waals surface area (Å²) in [5, 5.41) is 0. The quantitative estimate of drug-likeness (QED) is 0.726. The van der Waals surface area contributed by atoms with E-state index in [-0.39, 0.29) is 29.9 Å². The molecular weight excluding hydrogens is 274 g/mol. The van der Waals surface area contributed by atoms with Crippen molar-refractivity contribution in [1.29, 1.82) is 0 Å². The van der Waals surface area contributed by atoms with Crippen LogP contribution in [0, 0.1) is 5.82 Å². The Bertz CT molecular complexity index is 555. The second-order valence-electron chi connectivity index (χ2n) is 5.38. The molecule has 0 radical (unpaired) electrons. The monoisotopic (exact) mass is 287 g/mol. The predicted octanol–water partition coefficient (Wildman–Crippen LogP) is 3.32. The highest BCUT2D eigenvalue weighted by Crippen LogP contribution is 2.41. The molecule has 2 aliphatic heterocycles. The summed E-state index contributed by atoms with van der Waals surface area (Å²) in [6.07, 6.45) is -2.77. The Morgan fingerprint density at radius 1 is 1.20 bits per heavy atom. The van der Waals surface area contributed by atoms with Crippen LogP contribution < -0.4 is 0 Å². The first-order valence-corrected chi connectivity index (χ1v) is 6.53. The summed E-state index contributed by atoms with van der Waals surface area (Å²) in [5.74, 6) is -1.28. The van der Waals surface area contributed by atoms with Crippen molar-refractivity contribution in [2.24, 2.45) is 0 Å². The van der Waals surface area contributed by atoms with Gasteiger partial charge in [-0.3, -0.25) is 4.79 Å². The van der Waals surface area contributed by atoms with E-state index in [0.717, 1.165) is 25.0 Å². The lowest BCUT2D eigenvalue weighted by Crippen LogP contribution is -2.28. The zero-order valence-electron chi connectivity index (χ0n) is 10.6. The van der Waals surface area contributed by atoms with Gasteiger partial charge in [0.1, 0.15) is 5.82 Å². The predicted molar refractivity (Wildman–Crippen MR) is 63.5 cm³/mol. The number of hydrogen-bond acceptors (Lipinski definition) is 1. The molecule has 0 aliphatic carbocycles. The van der Waals surface area contributed by atoms with Crippen molar-refractivity contribution in [2.75, 3.05) is 6.54 Å². The van der Waals surface area contributed by atoms with Crippen LogP contribution in [0.5, 0.6) is 0 Å². The second-order valence-corrected chi connectivity index (χ2v) is 5.38. The van der Waals surface area contributed by atoms with Gasteiger partial charge in [-0.05, 0) is 36.6 Å². The number of carbonyl (C=O) groups is 1. The number of fused-ring (bicyclic) bond motifs is 1. The topological polar surface area (TPSA) is 20.3 Å². The van der Waals surface area contributed by atoms with Gasteiger partial charge in [0.05, 0.1) is 5.56 Å². The first-order valence-electron chi connectivity index (χ1n) is 6.53. The summed E-state index contributed by atoms with van der Waals surface area (Å²) in [6, 6.07) is 2.51. The number of rotatable bonds is 1. The average molecular weight is 287 g/mol. The van der Waals surface area contributed by atoms with Gasteiger partial charge < -0.3 is 4.90 Å². The number of benzene rings is 1. The molecule has 2 heterocycles. The number of carbonyl (C=O) groups excluding carboxylic acids is 1. The molecule has 108 valence electrons. The third-order valence-electron chi connectivity index (χ3n) is 4.15. The number of nitrogens with zero attached hydrogens (tertiary/aromatic N) is 1. The Kier molecular flexibility index (Phi) is 2.99. The molecule has 2 nitrogen and oxygen atoms in total. The summed E-state index contributed by atoms with van der Waals surface area (Å²) in [5.41, 5.74) is -0.712. The fourth-order valence-corrected chi connectivity index (χ4v) is 3.29. The summed E-state index contributed by atoms with van der Waals surface area (Å²) in [7, 11) is 0. The van der Waals surface area contributed by atoms with E-state index in [1.807, 2.05) is 0 Å². The van der Waals surface area contributed by atoms with Crippen molar-refractivity contribution in [2.45, 2.75) is 37.4 Å². The third kappa shape index (κ3) is 2.17. The molecule has 0 N–H and O–H groups in total. The molecule has 0 bridgehead atoms. The molecule has 1 aromatic rings. The van der Waals surface area contributed by atoms with E-state index in [4.69, 9.17) is 0 Å². The van der Waals surface area contributed by atoms with Gasteiger partial charge in [0.15, 0.2) is 0 Å². The maximum absolute atomic E-state index is 13.5. The van der Waals surface area contributed by atoms with Crippen molar-refractivity contribution in [3.05, 3.63) is 35.1 Å². The Hall–Kier alpha value is -1.59. The minimum Gasteiger partial charge on any atom is -0.339 e. The average Bonchev–Trinajstić information content (AvgIpc) is 2.92. The van der Waals surface area contributed by atoms with Crippen molar-refractivity contribution in [3.63, 3.8) is 0 Å². The van der Waals surface area contributed by atoms with Gasteiger partial charge in [-0.1, -0.05) is 0 Å². The molecule has 1 aromatic carbocycles. The summed E-state index contributed by atoms with van der Waals surface area (Å²) < 4.78 is 51.7. The van der Waals surface area contributed by atoms with Gasteiger partial charge in [0.2, 0.25) is 5.91 Å². The van der Waals surface area contributed by atoms with E-state index in [9.17, 15) is 22.4 Å². The fraction of sp³-hybridized carbons (Fsp3) is 0.500. The van der Waals surface area contributed by atoms with Crippen LogP contribution in [0.25, 0.3) is 0 Å². The normalized spacial score (nSPS) is 26.2. The van der Waals surface area contributed by atoms with Crippen LogP contribution in [0.4, 0.5) is 17.6 Å². The molecule has 2 saturated heterocycles. The maximum Gasteiger partial charge on any atom is 0.416 e. The Morgan fingerprint density at radius 3 is 2.65 bits per heavy atom. The highest BCUT2D eigenvalue weighted by Gasteiger charge is 2.43. The smallest absolute Gasteiger partial charge is 0.339 e. The molecule has 0 saturated carbocycles. The zero-order chi connectivity index (χ0) is 14.5. The maximum atomic E-state index is 13.5. The molecule has 6 heteroatoms. The highest BCUT2D eigenvalue weighted by atomic mass is 19.4. The third-order valence-corrected chi connectivity index (χ3v) is 4.15. The van der Waals surface area contributed by atoms with Crippen molar-refractivity contribution in [3.8, 4) is 0 Å². The molecule has 0 spiro atoms. The van der Waals surface area contributed by atoms with E-state index < -0.39 is 17.6 Å². The fourth-order valence-electron chi connectivity index (χ4n) is 3.29. The van der Waals surface area contributed by atoms with Gasteiger partial charge in [-0.2, -0.15) is 13.2 Å². The van der Waals surface area contributed by atoms with Crippen molar-refractivity contribution in [1.82, 2.24) is 4.90 Å². The number of amides is 1. The molecule has 0 unspecified atom stereocenters. The molecule has 2 aliphatic rings. The zero-order valence-corrected chi connectivity index (χ0v) is 10.6. The molecule has 2 atom stereocenters. The van der Waals surface area contributed by atoms with Gasteiger partial charge in [-0.25, -0.2) is 4.39 Å². The summed E-state index contributed by atoms with van der Waals surface area (Å²) in [4.78, 5) is 13.5. The van der Waals surface area contributed by atoms with Crippen LogP contribution in [0.15, 0.2) is 18.2 Å². The first-order chi connectivity index (χ1) is 9.36. The summed E-state index contributed by atoms with van der Waals surface area (Å²) in [6.45, 7) is 0.654. The minimum absolute atomic E-state index is 0.0460. The molecule has 0 aromatic heterocycles. The number of alkyl halides is 3.